The van der Waals surface area contributed by atoms with Crippen LogP contribution < -0.4 is 5.32 Å². The van der Waals surface area contributed by atoms with E-state index in [0.717, 1.165) is 6.42 Å². The zero-order chi connectivity index (χ0) is 11.5. The van der Waals surface area contributed by atoms with E-state index in [2.05, 4.69) is 10.3 Å². The number of nitrogens with zero attached hydrogens (tertiary/aromatic N) is 1. The predicted octanol–water partition coefficient (Wildman–Crippen LogP) is 0.370. The fraction of sp³-hybridized carbons (Fsp3) is 0.300. The van der Waals surface area contributed by atoms with Gasteiger partial charge in [-0.3, -0.25) is 9.78 Å². The molecular weight excluding hydrogens is 453 g/mol. The van der Waals surface area contributed by atoms with Crippen molar-refractivity contribution in [1.29, 1.82) is 0 Å². The second-order valence-corrected chi connectivity index (χ2v) is 2.81. The summed E-state index contributed by atoms with van der Waals surface area (Å²) in [7, 11) is 0. The first-order valence-corrected chi connectivity index (χ1v) is 4.34. The van der Waals surface area contributed by atoms with E-state index in [0.29, 0.717) is 0 Å². The molecule has 1 aromatic heterocycles. The van der Waals surface area contributed by atoms with Gasteiger partial charge in [0.1, 0.15) is 0 Å². The molecule has 0 aliphatic heterocycles. The van der Waals surface area contributed by atoms with Crippen LogP contribution in [-0.2, 0) is 16.0 Å². The zero-order valence-corrected chi connectivity index (χ0v) is 11.1. The van der Waals surface area contributed by atoms with Gasteiger partial charge in [-0.15, -0.1) is 0 Å². The smallest absolute Gasteiger partial charge is 0.290 e. The molecule has 0 aliphatic carbocycles. The van der Waals surface area contributed by atoms with Gasteiger partial charge in [0.05, 0.1) is 0 Å². The average Bonchev–Trinajstić information content (AvgIpc) is 2.20. The Balaban J connectivity index is 0. The summed E-state index contributed by atoms with van der Waals surface area (Å²) in [5.74, 6) is 0. The third-order valence-electron chi connectivity index (χ3n) is 1.60. The number of carbonyl (C=O) groups is 1. The molecule has 0 spiro atoms. The molecule has 0 radical (unpaired) electrons. The summed E-state index contributed by atoms with van der Waals surface area (Å²) in [5.41, 5.74) is 1.17. The Morgan fingerprint density at radius 2 is 2.06 bits per heavy atom. The van der Waals surface area contributed by atoms with Crippen LogP contribution in [0.1, 0.15) is 12.5 Å². The van der Waals surface area contributed by atoms with Crippen molar-refractivity contribution in [3.05, 3.63) is 30.1 Å². The van der Waals surface area contributed by atoms with Gasteiger partial charge in [0.25, 0.3) is 6.47 Å². The minimum atomic E-state index is -0.250. The molecule has 1 amide bonds. The molecule has 0 aliphatic rings. The van der Waals surface area contributed by atoms with Crippen LogP contribution in [0.4, 0.5) is 0 Å². The van der Waals surface area contributed by atoms with E-state index in [-0.39, 0.29) is 12.5 Å². The van der Waals surface area contributed by atoms with Crippen molar-refractivity contribution in [2.45, 2.75) is 19.4 Å². The van der Waals surface area contributed by atoms with Crippen molar-refractivity contribution in [1.82, 2.24) is 10.3 Å². The number of carbonyl (C=O) groups excluding carboxylic acids is 1. The van der Waals surface area contributed by atoms with Crippen LogP contribution in [0, 0.1) is 0 Å². The number of hydrogen-bond donors (Lipinski definition) is 2. The summed E-state index contributed by atoms with van der Waals surface area (Å²) in [4.78, 5) is 22.2. The van der Waals surface area contributed by atoms with Gasteiger partial charge in [0.15, 0.2) is 0 Å². The Labute approximate surface area is 88.1 Å². The van der Waals surface area contributed by atoms with Gasteiger partial charge in [-0.05, 0) is 37.1 Å². The molecule has 0 aromatic carbocycles. The van der Waals surface area contributed by atoms with Crippen molar-refractivity contribution in [3.63, 3.8) is 0 Å². The first-order valence-electron chi connectivity index (χ1n) is 4.34. The van der Waals surface area contributed by atoms with Crippen molar-refractivity contribution >= 4 is 12.9 Å². The number of aromatic nitrogens is 1. The molecule has 1 atom stereocenters. The number of nitrogens with one attached hydrogen (secondary N) is 1. The summed E-state index contributed by atoms with van der Waals surface area (Å²) >= 11 is 0. The van der Waals surface area contributed by atoms with Crippen LogP contribution in [0.15, 0.2) is 24.5 Å². The van der Waals surface area contributed by atoms with Gasteiger partial charge in [-0.2, -0.15) is 6.41 Å². The van der Waals surface area contributed by atoms with Crippen LogP contribution in [0.5, 0.6) is 0 Å². The van der Waals surface area contributed by atoms with Crippen LogP contribution in [0.3, 0.4) is 0 Å². The molecular formula is C10H13FmN2O3-. The molecule has 0 saturated carbocycles. The molecule has 16 heavy (non-hydrogen) atoms. The third kappa shape index (κ3) is 7.72. The van der Waals surface area contributed by atoms with E-state index in [1.807, 2.05) is 19.1 Å². The van der Waals surface area contributed by atoms with Crippen LogP contribution in [0.25, 0.3) is 0 Å². The van der Waals surface area contributed by atoms with E-state index >= 15 is 0 Å². The van der Waals surface area contributed by atoms with Crippen LogP contribution >= 0.6 is 0 Å². The summed E-state index contributed by atoms with van der Waals surface area (Å²) in [5, 5.41) is 9.46. The maximum Gasteiger partial charge on any atom is 0.290 e. The number of hydrogen-bond acceptors (Lipinski definition) is 3. The van der Waals surface area contributed by atoms with E-state index in [1.165, 1.54) is 5.56 Å². The Bertz CT molecular complexity index is 283. The normalized spacial score (nSPS) is 9.81. The minimum absolute atomic E-state index is 0. The topological polar surface area (TPSA) is 79.3 Å². The van der Waals surface area contributed by atoms with Gasteiger partial charge in [0, 0.05) is 12.4 Å². The molecule has 2 N–H and O–H groups in total. The van der Waals surface area contributed by atoms with E-state index < -0.39 is 0 Å². The quantitative estimate of drug-likeness (QED) is 0.382. The van der Waals surface area contributed by atoms with Crippen molar-refractivity contribution in [2.24, 2.45) is 0 Å². The second kappa shape index (κ2) is 10.2. The third-order valence-corrected chi connectivity index (χ3v) is 1.60. The van der Waals surface area contributed by atoms with Crippen molar-refractivity contribution in [2.75, 3.05) is 0 Å². The molecule has 0 bridgehead atoms. The Kier molecular flexibility index (Phi) is 9.89. The summed E-state index contributed by atoms with van der Waals surface area (Å²) in [6.07, 6.45) is 5.97. The van der Waals surface area contributed by atoms with E-state index in [4.69, 9.17) is 9.90 Å². The fourth-order valence-electron chi connectivity index (χ4n) is 1.02. The molecule has 1 unspecified atom stereocenters. The summed E-state index contributed by atoms with van der Waals surface area (Å²) in [6.45, 7) is 1.69. The maximum atomic E-state index is 9.96. The van der Waals surface area contributed by atoms with Gasteiger partial charge in [-0.25, -0.2) is 0 Å². The number of carboxylic acid groups (broad SMARTS) is 1. The maximum absolute atomic E-state index is 9.96. The zero-order valence-electron chi connectivity index (χ0n) is 8.67. The minimum Gasteiger partial charge on any atom is -0.527 e. The SMILES string of the molecule is CC(Cc1ccncc1)N[C-]=O.O=CO.[Fm]. The molecule has 1 aromatic rings. The van der Waals surface area contributed by atoms with Crippen LogP contribution in [0.2, 0.25) is 0 Å². The van der Waals surface area contributed by atoms with Gasteiger partial charge in [0.2, 0.25) is 0 Å². The molecule has 1 heterocycles. The summed E-state index contributed by atoms with van der Waals surface area (Å²) < 4.78 is 0. The molecule has 94 valence electrons. The monoisotopic (exact) mass is 466 g/mol. The Morgan fingerprint density at radius 3 is 2.50 bits per heavy atom. The fourth-order valence-corrected chi connectivity index (χ4v) is 1.02. The molecule has 6 heteroatoms. The van der Waals surface area contributed by atoms with Gasteiger partial charge < -0.3 is 15.2 Å². The average molecular weight is 466 g/mol. The second-order valence-electron chi connectivity index (χ2n) is 2.81. The van der Waals surface area contributed by atoms with E-state index in [1.54, 1.807) is 18.8 Å². The van der Waals surface area contributed by atoms with Gasteiger partial charge >= 0.3 is 0 Å². The molecule has 0 saturated heterocycles. The first kappa shape index (κ1) is 15.6. The molecule has 1 rings (SSSR count). The van der Waals surface area contributed by atoms with Crippen LogP contribution in [-0.4, -0.2) is 29.0 Å². The van der Waals surface area contributed by atoms with Crippen molar-refractivity contribution < 1.29 is 14.7 Å². The Hall–Kier alpha value is -2.91. The molecule has 0 fully saturated rings. The number of amides is 1. The largest absolute Gasteiger partial charge is 0.527 e. The van der Waals surface area contributed by atoms with E-state index in [9.17, 15) is 4.79 Å². The molecule has 5 nitrogen and oxygen atoms in total. The standard InChI is InChI=1S/C9H11N2O.CH2O2.Fm/c1-8(11-7-12)6-9-2-4-10-5-3-9;2-1-3;/h2-5,8H,6H2,1H3,(H,11,12);1H,(H,2,3);/q-1;;. The number of rotatable bonds is 4. The van der Waals surface area contributed by atoms with Crippen molar-refractivity contribution in [3.8, 4) is 0 Å². The first-order chi connectivity index (χ1) is 7.24. The predicted molar refractivity (Wildman–Crippen MR) is 54.9 cm³/mol. The number of pyridine rings is 1. The van der Waals surface area contributed by atoms with Gasteiger partial charge in [-0.1, -0.05) is 0 Å². The summed E-state index contributed by atoms with van der Waals surface area (Å²) in [6, 6.07) is 4.00. The Morgan fingerprint density at radius 1 is 1.56 bits per heavy atom.